The molecule has 0 spiro atoms. The molecule has 4 heteroatoms. The minimum atomic E-state index is -1.73. The lowest BCUT2D eigenvalue weighted by Crippen LogP contribution is -1.93. The van der Waals surface area contributed by atoms with Gasteiger partial charge in [0, 0.05) is 12.2 Å². The first kappa shape index (κ1) is 7.78. The Hall–Kier alpha value is -0.220. The van der Waals surface area contributed by atoms with Gasteiger partial charge in [0.1, 0.15) is 6.29 Å². The average Bonchev–Trinajstić information content (AvgIpc) is 1.66. The second-order valence-electron chi connectivity index (χ2n) is 1.33. The Morgan fingerprint density at radius 2 is 2.25 bits per heavy atom. The third-order valence-electron chi connectivity index (χ3n) is 0.641. The van der Waals surface area contributed by atoms with Crippen molar-refractivity contribution < 1.29 is 13.6 Å². The van der Waals surface area contributed by atoms with E-state index in [0.717, 1.165) is 6.29 Å². The molecule has 0 amide bonds. The predicted octanol–water partition coefficient (Wildman–Crippen LogP) is 0.187. The summed E-state index contributed by atoms with van der Waals surface area (Å²) < 4.78 is 18.0. The van der Waals surface area contributed by atoms with E-state index in [1.807, 2.05) is 0 Å². The summed E-state index contributed by atoms with van der Waals surface area (Å²) in [5, 5.41) is 0. The van der Waals surface area contributed by atoms with Gasteiger partial charge >= 0.3 is 0 Å². The van der Waals surface area contributed by atoms with Gasteiger partial charge in [0.15, 0.2) is 11.1 Å². The molecule has 1 N–H and O–H groups in total. The zero-order valence-electron chi connectivity index (χ0n) is 4.37. The normalized spacial score (nSPS) is 13.1. The van der Waals surface area contributed by atoms with Crippen molar-refractivity contribution in [3.8, 4) is 0 Å². The molecule has 0 aromatic rings. The van der Waals surface area contributed by atoms with E-state index >= 15 is 0 Å². The van der Waals surface area contributed by atoms with E-state index < -0.39 is 11.1 Å². The van der Waals surface area contributed by atoms with Crippen molar-refractivity contribution in [2.45, 2.75) is 12.8 Å². The predicted molar refractivity (Wildman–Crippen MR) is 30.9 cm³/mol. The first-order valence-corrected chi connectivity index (χ1v) is 3.56. The quantitative estimate of drug-likeness (QED) is 0.341. The summed E-state index contributed by atoms with van der Waals surface area (Å²) in [6.45, 7) is 0. The van der Waals surface area contributed by atoms with Crippen LogP contribution in [-0.4, -0.2) is 20.8 Å². The lowest BCUT2D eigenvalue weighted by molar-refractivity contribution is -0.107. The van der Waals surface area contributed by atoms with Gasteiger partial charge in [-0.1, -0.05) is 0 Å². The lowest BCUT2D eigenvalue weighted by Gasteiger charge is -1.86. The molecule has 1 unspecified atom stereocenters. The van der Waals surface area contributed by atoms with Crippen molar-refractivity contribution in [1.82, 2.24) is 0 Å². The molecule has 0 rings (SSSR count). The zero-order chi connectivity index (χ0) is 6.41. The molecule has 0 aromatic heterocycles. The maximum absolute atomic E-state index is 9.87. The van der Waals surface area contributed by atoms with Crippen LogP contribution in [0.3, 0.4) is 0 Å². The van der Waals surface area contributed by atoms with Gasteiger partial charge < -0.3 is 9.35 Å². The van der Waals surface area contributed by atoms with Crippen LogP contribution in [0.25, 0.3) is 0 Å². The molecular formula is C4H8O3S. The standard InChI is InChI=1S/C4H8O3S/c5-3-1-2-4-8(6)7/h3H,1-2,4H2,(H,6,7). The molecule has 8 heavy (non-hydrogen) atoms. The van der Waals surface area contributed by atoms with E-state index in [1.54, 1.807) is 0 Å². The van der Waals surface area contributed by atoms with Crippen LogP contribution in [0.2, 0.25) is 0 Å². The summed E-state index contributed by atoms with van der Waals surface area (Å²) in [7, 11) is 0. The van der Waals surface area contributed by atoms with E-state index in [-0.39, 0.29) is 5.75 Å². The molecule has 0 saturated carbocycles. The Morgan fingerprint density at radius 3 is 2.62 bits per heavy atom. The van der Waals surface area contributed by atoms with Crippen LogP contribution < -0.4 is 0 Å². The van der Waals surface area contributed by atoms with Crippen LogP contribution in [0.1, 0.15) is 12.8 Å². The molecule has 0 heterocycles. The van der Waals surface area contributed by atoms with Gasteiger partial charge in [0.05, 0.1) is 0 Å². The molecule has 0 bridgehead atoms. The zero-order valence-corrected chi connectivity index (χ0v) is 5.19. The minimum Gasteiger partial charge on any atom is -0.306 e. The minimum absolute atomic E-state index is 0.207. The van der Waals surface area contributed by atoms with Crippen LogP contribution in [0, 0.1) is 0 Å². The maximum atomic E-state index is 9.87. The number of carbonyl (C=O) groups is 1. The van der Waals surface area contributed by atoms with Crippen molar-refractivity contribution in [3.05, 3.63) is 0 Å². The van der Waals surface area contributed by atoms with Gasteiger partial charge in [-0.3, -0.25) is 0 Å². The van der Waals surface area contributed by atoms with Gasteiger partial charge in [-0.2, -0.15) is 0 Å². The summed E-state index contributed by atoms with van der Waals surface area (Å²) in [5.41, 5.74) is 0. The van der Waals surface area contributed by atoms with Crippen molar-refractivity contribution >= 4 is 17.4 Å². The molecular weight excluding hydrogens is 128 g/mol. The highest BCUT2D eigenvalue weighted by Gasteiger charge is 1.90. The van der Waals surface area contributed by atoms with Gasteiger partial charge in [-0.25, -0.2) is 4.21 Å². The molecule has 0 aliphatic rings. The Bertz CT molecular complexity index is 91.3. The van der Waals surface area contributed by atoms with Crippen molar-refractivity contribution in [2.24, 2.45) is 0 Å². The Balaban J connectivity index is 2.93. The number of hydrogen-bond acceptors (Lipinski definition) is 2. The molecule has 0 fully saturated rings. The van der Waals surface area contributed by atoms with Crippen molar-refractivity contribution in [2.75, 3.05) is 5.75 Å². The maximum Gasteiger partial charge on any atom is 0.152 e. The highest BCUT2D eigenvalue weighted by atomic mass is 32.2. The van der Waals surface area contributed by atoms with Crippen LogP contribution in [-0.2, 0) is 15.9 Å². The van der Waals surface area contributed by atoms with Crippen LogP contribution >= 0.6 is 0 Å². The van der Waals surface area contributed by atoms with Crippen molar-refractivity contribution in [3.63, 3.8) is 0 Å². The summed E-state index contributed by atoms with van der Waals surface area (Å²) in [6.07, 6.45) is 1.63. The van der Waals surface area contributed by atoms with Gasteiger partial charge in [-0.15, -0.1) is 0 Å². The van der Waals surface area contributed by atoms with E-state index in [1.165, 1.54) is 0 Å². The topological polar surface area (TPSA) is 54.4 Å². The third kappa shape index (κ3) is 5.78. The number of rotatable bonds is 4. The Kier molecular flexibility index (Phi) is 4.79. The second kappa shape index (κ2) is 4.93. The average molecular weight is 136 g/mol. The summed E-state index contributed by atoms with van der Waals surface area (Å²) in [5.74, 6) is 0.207. The first-order valence-electron chi connectivity index (χ1n) is 2.28. The van der Waals surface area contributed by atoms with Crippen LogP contribution in [0.5, 0.6) is 0 Å². The molecule has 0 radical (unpaired) electrons. The smallest absolute Gasteiger partial charge is 0.152 e. The fraction of sp³-hybridized carbons (Fsp3) is 0.750. The van der Waals surface area contributed by atoms with Crippen molar-refractivity contribution in [1.29, 1.82) is 0 Å². The SMILES string of the molecule is O=CCCCS(=O)O. The first-order chi connectivity index (χ1) is 3.77. The molecule has 0 aliphatic heterocycles. The number of aldehydes is 1. The summed E-state index contributed by atoms with van der Waals surface area (Å²) in [6, 6.07) is 0. The largest absolute Gasteiger partial charge is 0.306 e. The van der Waals surface area contributed by atoms with E-state index in [4.69, 9.17) is 4.55 Å². The van der Waals surface area contributed by atoms with Crippen LogP contribution in [0.15, 0.2) is 0 Å². The molecule has 1 atom stereocenters. The second-order valence-corrected chi connectivity index (χ2v) is 2.39. The molecule has 0 aliphatic carbocycles. The highest BCUT2D eigenvalue weighted by Crippen LogP contribution is 1.85. The summed E-state index contributed by atoms with van der Waals surface area (Å²) in [4.78, 5) is 9.61. The fourth-order valence-electron chi connectivity index (χ4n) is 0.290. The van der Waals surface area contributed by atoms with Gasteiger partial charge in [0.2, 0.25) is 0 Å². The van der Waals surface area contributed by atoms with Gasteiger partial charge in [0.25, 0.3) is 0 Å². The van der Waals surface area contributed by atoms with E-state index in [2.05, 4.69) is 0 Å². The molecule has 3 nitrogen and oxygen atoms in total. The number of hydrogen-bond donors (Lipinski definition) is 1. The molecule has 0 saturated heterocycles. The van der Waals surface area contributed by atoms with Gasteiger partial charge in [-0.05, 0) is 6.42 Å². The number of unbranched alkanes of at least 4 members (excludes halogenated alkanes) is 1. The molecule has 0 aromatic carbocycles. The Morgan fingerprint density at radius 1 is 1.62 bits per heavy atom. The number of carbonyl (C=O) groups excluding carboxylic acids is 1. The molecule has 48 valence electrons. The lowest BCUT2D eigenvalue weighted by atomic mass is 10.4. The van der Waals surface area contributed by atoms with Crippen LogP contribution in [0.4, 0.5) is 0 Å². The summed E-state index contributed by atoms with van der Waals surface area (Å²) >= 11 is -1.73. The third-order valence-corrected chi connectivity index (χ3v) is 1.28. The monoisotopic (exact) mass is 136 g/mol. The highest BCUT2D eigenvalue weighted by molar-refractivity contribution is 7.79. The van der Waals surface area contributed by atoms with E-state index in [9.17, 15) is 9.00 Å². The van der Waals surface area contributed by atoms with E-state index in [0.29, 0.717) is 12.8 Å². The fourth-order valence-corrected chi connectivity index (χ4v) is 0.704. The Labute approximate surface area is 50.4 Å².